The molecule has 0 radical (unpaired) electrons. The first-order valence-electron chi connectivity index (χ1n) is 6.86. The Bertz CT molecular complexity index is 625. The molecule has 0 unspecified atom stereocenters. The van der Waals surface area contributed by atoms with Gasteiger partial charge in [0, 0.05) is 0 Å². The predicted octanol–water partition coefficient (Wildman–Crippen LogP) is 2.86. The SMILES string of the molecule is Cc1ccc(C)c(S(=O)(=O)C2(C(=O)O)CCCCC2)c1. The van der Waals surface area contributed by atoms with E-state index in [2.05, 4.69) is 0 Å². The number of sulfone groups is 1. The zero-order valence-corrected chi connectivity index (χ0v) is 12.7. The lowest BCUT2D eigenvalue weighted by Gasteiger charge is -2.33. The summed E-state index contributed by atoms with van der Waals surface area (Å²) in [6.45, 7) is 3.53. The fourth-order valence-electron chi connectivity index (χ4n) is 2.93. The maximum absolute atomic E-state index is 12.9. The van der Waals surface area contributed by atoms with E-state index < -0.39 is 20.6 Å². The zero-order chi connectivity index (χ0) is 15.0. The van der Waals surface area contributed by atoms with Gasteiger partial charge in [0.2, 0.25) is 0 Å². The van der Waals surface area contributed by atoms with Crippen LogP contribution in [-0.4, -0.2) is 24.2 Å². The molecule has 1 fully saturated rings. The molecule has 1 aliphatic rings. The van der Waals surface area contributed by atoms with Crippen LogP contribution in [0.15, 0.2) is 23.1 Å². The van der Waals surface area contributed by atoms with Crippen LogP contribution in [0.3, 0.4) is 0 Å². The first-order chi connectivity index (χ1) is 9.31. The number of carboxylic acid groups (broad SMARTS) is 1. The molecule has 1 saturated carbocycles. The second-order valence-electron chi connectivity index (χ2n) is 5.63. The molecule has 0 spiro atoms. The average Bonchev–Trinajstić information content (AvgIpc) is 2.41. The largest absolute Gasteiger partial charge is 0.480 e. The summed E-state index contributed by atoms with van der Waals surface area (Å²) in [7, 11) is -3.88. The molecule has 1 aromatic rings. The van der Waals surface area contributed by atoms with E-state index in [4.69, 9.17) is 0 Å². The second-order valence-corrected chi connectivity index (χ2v) is 7.86. The van der Waals surface area contributed by atoms with Gasteiger partial charge in [0.15, 0.2) is 14.6 Å². The maximum atomic E-state index is 12.9. The third-order valence-corrected chi connectivity index (χ3v) is 6.83. The van der Waals surface area contributed by atoms with Crippen molar-refractivity contribution < 1.29 is 18.3 Å². The number of carboxylic acids is 1. The third-order valence-electron chi connectivity index (χ3n) is 4.20. The van der Waals surface area contributed by atoms with Crippen LogP contribution in [-0.2, 0) is 14.6 Å². The highest BCUT2D eigenvalue weighted by Crippen LogP contribution is 2.40. The minimum absolute atomic E-state index is 0.168. The normalized spacial score (nSPS) is 18.7. The van der Waals surface area contributed by atoms with Crippen molar-refractivity contribution in [3.05, 3.63) is 29.3 Å². The minimum atomic E-state index is -3.88. The maximum Gasteiger partial charge on any atom is 0.325 e. The van der Waals surface area contributed by atoms with Gasteiger partial charge in [-0.1, -0.05) is 31.4 Å². The monoisotopic (exact) mass is 296 g/mol. The summed E-state index contributed by atoms with van der Waals surface area (Å²) in [6, 6.07) is 5.16. The third kappa shape index (κ3) is 2.24. The highest BCUT2D eigenvalue weighted by Gasteiger charge is 2.52. The highest BCUT2D eigenvalue weighted by molar-refractivity contribution is 7.93. The number of aryl methyl sites for hydroxylation is 2. The minimum Gasteiger partial charge on any atom is -0.480 e. The van der Waals surface area contributed by atoms with E-state index in [-0.39, 0.29) is 17.7 Å². The lowest BCUT2D eigenvalue weighted by atomic mass is 9.88. The Kier molecular flexibility index (Phi) is 3.91. The van der Waals surface area contributed by atoms with Crippen LogP contribution in [0.5, 0.6) is 0 Å². The number of carbonyl (C=O) groups is 1. The average molecular weight is 296 g/mol. The molecule has 1 N–H and O–H groups in total. The number of benzene rings is 1. The number of hydrogen-bond donors (Lipinski definition) is 1. The molecule has 0 bridgehead atoms. The van der Waals surface area contributed by atoms with E-state index in [0.717, 1.165) is 12.0 Å². The van der Waals surface area contributed by atoms with Crippen molar-refractivity contribution >= 4 is 15.8 Å². The number of hydrogen-bond acceptors (Lipinski definition) is 3. The molecular formula is C15H20O4S. The Balaban J connectivity index is 2.62. The van der Waals surface area contributed by atoms with E-state index in [0.29, 0.717) is 18.4 Å². The topological polar surface area (TPSA) is 71.4 Å². The van der Waals surface area contributed by atoms with Crippen molar-refractivity contribution in [2.24, 2.45) is 0 Å². The predicted molar refractivity (Wildman–Crippen MR) is 76.6 cm³/mol. The zero-order valence-electron chi connectivity index (χ0n) is 11.8. The van der Waals surface area contributed by atoms with E-state index in [1.807, 2.05) is 13.0 Å². The summed E-state index contributed by atoms with van der Waals surface area (Å²) >= 11 is 0. The van der Waals surface area contributed by atoms with Gasteiger partial charge in [-0.05, 0) is 43.9 Å². The molecule has 0 aromatic heterocycles. The second kappa shape index (κ2) is 5.20. The van der Waals surface area contributed by atoms with Crippen molar-refractivity contribution in [1.29, 1.82) is 0 Å². The first-order valence-corrected chi connectivity index (χ1v) is 8.35. The Hall–Kier alpha value is -1.36. The molecule has 0 heterocycles. The van der Waals surface area contributed by atoms with Crippen LogP contribution in [0.1, 0.15) is 43.2 Å². The number of aliphatic carboxylic acids is 1. The van der Waals surface area contributed by atoms with E-state index in [1.54, 1.807) is 19.1 Å². The Morgan fingerprint density at radius 1 is 1.15 bits per heavy atom. The first kappa shape index (κ1) is 15.0. The lowest BCUT2D eigenvalue weighted by molar-refractivity contribution is -0.141. The summed E-state index contributed by atoms with van der Waals surface area (Å²) in [4.78, 5) is 11.9. The summed E-state index contributed by atoms with van der Waals surface area (Å²) in [5, 5.41) is 9.57. The molecule has 0 saturated heterocycles. The van der Waals surface area contributed by atoms with E-state index in [1.165, 1.54) is 0 Å². The molecule has 0 amide bonds. The summed E-state index contributed by atoms with van der Waals surface area (Å²) in [5.74, 6) is -1.21. The summed E-state index contributed by atoms with van der Waals surface area (Å²) in [6.07, 6.45) is 2.61. The van der Waals surface area contributed by atoms with Gasteiger partial charge in [0.1, 0.15) is 0 Å². The Morgan fingerprint density at radius 2 is 1.75 bits per heavy atom. The van der Waals surface area contributed by atoms with Gasteiger partial charge < -0.3 is 5.11 Å². The van der Waals surface area contributed by atoms with Crippen LogP contribution in [0.4, 0.5) is 0 Å². The molecule has 4 nitrogen and oxygen atoms in total. The molecule has 110 valence electrons. The standard InChI is InChI=1S/C15H20O4S/c1-11-6-7-12(2)13(10-11)20(18,19)15(14(16)17)8-4-3-5-9-15/h6-7,10H,3-5,8-9H2,1-2H3,(H,16,17). The van der Waals surface area contributed by atoms with Crippen LogP contribution in [0, 0.1) is 13.8 Å². The van der Waals surface area contributed by atoms with E-state index >= 15 is 0 Å². The molecular weight excluding hydrogens is 276 g/mol. The molecule has 5 heteroatoms. The highest BCUT2D eigenvalue weighted by atomic mass is 32.2. The molecule has 0 atom stereocenters. The van der Waals surface area contributed by atoms with Crippen LogP contribution in [0.2, 0.25) is 0 Å². The Labute approximate surface area is 119 Å². The van der Waals surface area contributed by atoms with Crippen molar-refractivity contribution in [1.82, 2.24) is 0 Å². The Morgan fingerprint density at radius 3 is 2.30 bits per heavy atom. The summed E-state index contributed by atoms with van der Waals surface area (Å²) in [5.41, 5.74) is 1.44. The molecule has 2 rings (SSSR count). The van der Waals surface area contributed by atoms with Crippen LogP contribution < -0.4 is 0 Å². The van der Waals surface area contributed by atoms with Crippen LogP contribution in [0.25, 0.3) is 0 Å². The van der Waals surface area contributed by atoms with Gasteiger partial charge in [-0.25, -0.2) is 8.42 Å². The fourth-order valence-corrected chi connectivity index (χ4v) is 5.24. The van der Waals surface area contributed by atoms with Crippen molar-refractivity contribution in [3.63, 3.8) is 0 Å². The smallest absolute Gasteiger partial charge is 0.325 e. The van der Waals surface area contributed by atoms with Gasteiger partial charge in [-0.3, -0.25) is 4.79 Å². The van der Waals surface area contributed by atoms with E-state index in [9.17, 15) is 18.3 Å². The van der Waals surface area contributed by atoms with Gasteiger partial charge in [0.25, 0.3) is 0 Å². The van der Waals surface area contributed by atoms with Gasteiger partial charge in [-0.2, -0.15) is 0 Å². The van der Waals surface area contributed by atoms with Gasteiger partial charge in [0.05, 0.1) is 4.90 Å². The number of rotatable bonds is 3. The fraction of sp³-hybridized carbons (Fsp3) is 0.533. The molecule has 20 heavy (non-hydrogen) atoms. The molecule has 0 aliphatic heterocycles. The quantitative estimate of drug-likeness (QED) is 0.931. The summed E-state index contributed by atoms with van der Waals surface area (Å²) < 4.78 is 24.2. The lowest BCUT2D eigenvalue weighted by Crippen LogP contribution is -2.48. The van der Waals surface area contributed by atoms with Crippen LogP contribution >= 0.6 is 0 Å². The van der Waals surface area contributed by atoms with Gasteiger partial charge >= 0.3 is 5.97 Å². The van der Waals surface area contributed by atoms with Crippen molar-refractivity contribution in [2.75, 3.05) is 0 Å². The van der Waals surface area contributed by atoms with Crippen molar-refractivity contribution in [2.45, 2.75) is 55.6 Å². The molecule has 1 aliphatic carbocycles. The van der Waals surface area contributed by atoms with Gasteiger partial charge in [-0.15, -0.1) is 0 Å². The molecule has 1 aromatic carbocycles. The van der Waals surface area contributed by atoms with Crippen molar-refractivity contribution in [3.8, 4) is 0 Å².